The molecule has 1 amide bonds. The van der Waals surface area contributed by atoms with Crippen molar-refractivity contribution in [2.45, 2.75) is 29.2 Å². The standard InChI is InChI=1S/C18H19N3O6S2/c22-17-8-7-14(28(24,25)20-9-3-4-10-20)13-19(17)11-12-21-18(23)15-5-1-2-6-16(15)29(21,26)27/h1-2,5-8,13H,3-4,9-12H2. The van der Waals surface area contributed by atoms with Crippen molar-refractivity contribution in [2.75, 3.05) is 19.6 Å². The summed E-state index contributed by atoms with van der Waals surface area (Å²) in [5.41, 5.74) is -0.392. The molecule has 0 aliphatic carbocycles. The number of hydrogen-bond donors (Lipinski definition) is 0. The van der Waals surface area contributed by atoms with Gasteiger partial charge >= 0.3 is 0 Å². The van der Waals surface area contributed by atoms with Crippen molar-refractivity contribution in [2.24, 2.45) is 0 Å². The van der Waals surface area contributed by atoms with Crippen molar-refractivity contribution in [3.63, 3.8) is 0 Å². The molecule has 0 spiro atoms. The highest BCUT2D eigenvalue weighted by Crippen LogP contribution is 2.29. The summed E-state index contributed by atoms with van der Waals surface area (Å²) in [6, 6.07) is 8.29. The lowest BCUT2D eigenvalue weighted by Crippen LogP contribution is -2.35. The Hall–Kier alpha value is -2.50. The van der Waals surface area contributed by atoms with Crippen LogP contribution in [0.2, 0.25) is 0 Å². The minimum Gasteiger partial charge on any atom is -0.312 e. The number of aromatic nitrogens is 1. The highest BCUT2D eigenvalue weighted by molar-refractivity contribution is 7.90. The van der Waals surface area contributed by atoms with Crippen LogP contribution in [0.5, 0.6) is 0 Å². The summed E-state index contributed by atoms with van der Waals surface area (Å²) in [7, 11) is -7.71. The van der Waals surface area contributed by atoms with Gasteiger partial charge in [-0.1, -0.05) is 12.1 Å². The van der Waals surface area contributed by atoms with Crippen molar-refractivity contribution in [3.8, 4) is 0 Å². The predicted molar refractivity (Wildman–Crippen MR) is 103 cm³/mol. The highest BCUT2D eigenvalue weighted by atomic mass is 32.2. The topological polar surface area (TPSA) is 114 Å². The van der Waals surface area contributed by atoms with Gasteiger partial charge in [0.15, 0.2) is 0 Å². The zero-order valence-electron chi connectivity index (χ0n) is 15.4. The third-order valence-electron chi connectivity index (χ3n) is 5.12. The van der Waals surface area contributed by atoms with E-state index in [4.69, 9.17) is 0 Å². The molecule has 0 radical (unpaired) electrons. The fraction of sp³-hybridized carbons (Fsp3) is 0.333. The number of carbonyl (C=O) groups is 1. The first-order valence-electron chi connectivity index (χ1n) is 9.10. The molecule has 2 aliphatic rings. The van der Waals surface area contributed by atoms with E-state index < -0.39 is 31.5 Å². The SMILES string of the molecule is O=C1c2ccccc2S(=O)(=O)N1CCn1cc(S(=O)(=O)N2CCCC2)ccc1=O. The van der Waals surface area contributed by atoms with E-state index >= 15 is 0 Å². The molecular formula is C18H19N3O6S2. The van der Waals surface area contributed by atoms with Crippen LogP contribution in [0, 0.1) is 0 Å². The van der Waals surface area contributed by atoms with E-state index in [9.17, 15) is 26.4 Å². The second kappa shape index (κ2) is 7.08. The van der Waals surface area contributed by atoms with E-state index in [1.807, 2.05) is 0 Å². The molecule has 4 rings (SSSR count). The van der Waals surface area contributed by atoms with Crippen molar-refractivity contribution in [3.05, 3.63) is 58.5 Å². The Morgan fingerprint density at radius 2 is 1.62 bits per heavy atom. The average Bonchev–Trinajstić information content (AvgIpc) is 3.30. The largest absolute Gasteiger partial charge is 0.312 e. The number of benzene rings is 1. The van der Waals surface area contributed by atoms with Crippen LogP contribution in [0.25, 0.3) is 0 Å². The lowest BCUT2D eigenvalue weighted by atomic mass is 10.2. The van der Waals surface area contributed by atoms with Crippen LogP contribution in [0.4, 0.5) is 0 Å². The van der Waals surface area contributed by atoms with E-state index in [0.717, 1.165) is 23.5 Å². The maximum Gasteiger partial charge on any atom is 0.269 e. The summed E-state index contributed by atoms with van der Waals surface area (Å²) >= 11 is 0. The van der Waals surface area contributed by atoms with Crippen LogP contribution in [0.3, 0.4) is 0 Å². The fourth-order valence-electron chi connectivity index (χ4n) is 3.57. The molecule has 0 N–H and O–H groups in total. The van der Waals surface area contributed by atoms with Gasteiger partial charge in [0.25, 0.3) is 21.5 Å². The summed E-state index contributed by atoms with van der Waals surface area (Å²) < 4.78 is 53.9. The molecule has 11 heteroatoms. The zero-order chi connectivity index (χ0) is 20.8. The molecule has 0 saturated carbocycles. The molecule has 29 heavy (non-hydrogen) atoms. The van der Waals surface area contributed by atoms with Crippen LogP contribution in [0.1, 0.15) is 23.2 Å². The summed E-state index contributed by atoms with van der Waals surface area (Å²) in [5.74, 6) is -0.658. The van der Waals surface area contributed by atoms with Crippen LogP contribution in [-0.4, -0.2) is 55.6 Å². The molecule has 3 heterocycles. The van der Waals surface area contributed by atoms with Gasteiger partial charge in [-0.05, 0) is 31.0 Å². The monoisotopic (exact) mass is 437 g/mol. The first kappa shape index (κ1) is 19.8. The van der Waals surface area contributed by atoms with E-state index in [-0.39, 0.29) is 28.4 Å². The molecule has 1 fully saturated rings. The molecular weight excluding hydrogens is 418 g/mol. The van der Waals surface area contributed by atoms with Crippen molar-refractivity contribution < 1.29 is 21.6 Å². The Bertz CT molecular complexity index is 1240. The first-order chi connectivity index (χ1) is 13.7. The first-order valence-corrected chi connectivity index (χ1v) is 12.0. The molecule has 0 bridgehead atoms. The summed E-state index contributed by atoms with van der Waals surface area (Å²) in [6.45, 7) is 0.435. The molecule has 154 valence electrons. The number of rotatable bonds is 5. The molecule has 9 nitrogen and oxygen atoms in total. The van der Waals surface area contributed by atoms with Crippen LogP contribution in [0.15, 0.2) is 57.2 Å². The lowest BCUT2D eigenvalue weighted by molar-refractivity contribution is 0.0867. The van der Waals surface area contributed by atoms with Crippen molar-refractivity contribution >= 4 is 26.0 Å². The van der Waals surface area contributed by atoms with E-state index in [1.54, 1.807) is 6.07 Å². The summed E-state index contributed by atoms with van der Waals surface area (Å²) in [4.78, 5) is 24.6. The minimum absolute atomic E-state index is 0.0297. The second-order valence-electron chi connectivity index (χ2n) is 6.89. The molecule has 2 aliphatic heterocycles. The number of sulfonamides is 2. The Balaban J connectivity index is 1.60. The van der Waals surface area contributed by atoms with E-state index in [0.29, 0.717) is 17.4 Å². The Morgan fingerprint density at radius 3 is 2.31 bits per heavy atom. The molecule has 0 atom stereocenters. The maximum absolute atomic E-state index is 12.7. The van der Waals surface area contributed by atoms with Gasteiger partial charge in [-0.3, -0.25) is 9.59 Å². The van der Waals surface area contributed by atoms with Gasteiger partial charge in [0, 0.05) is 31.9 Å². The number of pyridine rings is 1. The quantitative estimate of drug-likeness (QED) is 0.672. The van der Waals surface area contributed by atoms with Crippen molar-refractivity contribution in [1.29, 1.82) is 0 Å². The van der Waals surface area contributed by atoms with Crippen LogP contribution in [-0.2, 0) is 26.6 Å². The number of amides is 1. The number of carbonyl (C=O) groups excluding carboxylic acids is 1. The van der Waals surface area contributed by atoms with Gasteiger partial charge in [-0.25, -0.2) is 21.1 Å². The maximum atomic E-state index is 12.7. The van der Waals surface area contributed by atoms with Gasteiger partial charge in [-0.15, -0.1) is 0 Å². The molecule has 1 saturated heterocycles. The smallest absolute Gasteiger partial charge is 0.269 e. The Kier molecular flexibility index (Phi) is 4.83. The number of fused-ring (bicyclic) bond motifs is 1. The Morgan fingerprint density at radius 1 is 0.931 bits per heavy atom. The van der Waals surface area contributed by atoms with Gasteiger partial charge < -0.3 is 4.57 Å². The molecule has 1 aromatic carbocycles. The zero-order valence-corrected chi connectivity index (χ0v) is 17.0. The highest BCUT2D eigenvalue weighted by Gasteiger charge is 2.40. The lowest BCUT2D eigenvalue weighted by Gasteiger charge is -2.18. The van der Waals surface area contributed by atoms with Crippen molar-refractivity contribution in [1.82, 2.24) is 13.2 Å². The van der Waals surface area contributed by atoms with E-state index in [1.165, 1.54) is 34.8 Å². The Labute approximate surface area is 168 Å². The van der Waals surface area contributed by atoms with Gasteiger partial charge in [0.1, 0.15) is 4.90 Å². The predicted octanol–water partition coefficient (Wildman–Crippen LogP) is 0.478. The minimum atomic E-state index is -3.99. The van der Waals surface area contributed by atoms with E-state index in [2.05, 4.69) is 0 Å². The van der Waals surface area contributed by atoms with Gasteiger partial charge in [0.05, 0.1) is 17.0 Å². The molecule has 2 aromatic rings. The third-order valence-corrected chi connectivity index (χ3v) is 8.84. The third kappa shape index (κ3) is 3.28. The summed E-state index contributed by atoms with van der Waals surface area (Å²) in [5, 5.41) is 0. The normalized spacial score (nSPS) is 18.9. The van der Waals surface area contributed by atoms with Gasteiger partial charge in [0.2, 0.25) is 10.0 Å². The average molecular weight is 437 g/mol. The van der Waals surface area contributed by atoms with Crippen LogP contribution < -0.4 is 5.56 Å². The molecule has 1 aromatic heterocycles. The number of hydrogen-bond acceptors (Lipinski definition) is 6. The second-order valence-corrected chi connectivity index (χ2v) is 10.7. The van der Waals surface area contributed by atoms with Crippen LogP contribution >= 0.6 is 0 Å². The van der Waals surface area contributed by atoms with Gasteiger partial charge in [-0.2, -0.15) is 4.31 Å². The molecule has 0 unspecified atom stereocenters. The number of nitrogens with zero attached hydrogens (tertiary/aromatic N) is 3. The fourth-order valence-corrected chi connectivity index (χ4v) is 6.66. The summed E-state index contributed by atoms with van der Waals surface area (Å²) in [6.07, 6.45) is 2.78.